The first-order chi connectivity index (χ1) is 11.3. The normalized spacial score (nSPS) is 11.2. The lowest BCUT2D eigenvalue weighted by atomic mass is 10.0. The van der Waals surface area contributed by atoms with Crippen LogP contribution in [0.3, 0.4) is 0 Å². The molecule has 0 unspecified atom stereocenters. The van der Waals surface area contributed by atoms with Crippen LogP contribution in [0.1, 0.15) is 11.1 Å². The standard InChI is InChI=1S/C14H16Cl2N4O4/c1-22-8-4-6(9(21)11(24-3)10(8)23-2)14(15,16)7-5-19-13(18)20-12(7)17/h4-5,21H,1-3H3,(H4,17,18,19,20). The molecule has 24 heavy (non-hydrogen) atoms. The van der Waals surface area contributed by atoms with Crippen molar-refractivity contribution < 1.29 is 19.3 Å². The zero-order valence-electron chi connectivity index (χ0n) is 13.1. The number of methoxy groups -OCH3 is 3. The van der Waals surface area contributed by atoms with Gasteiger partial charge in [-0.15, -0.1) is 0 Å². The lowest BCUT2D eigenvalue weighted by molar-refractivity contribution is 0.309. The number of anilines is 2. The lowest BCUT2D eigenvalue weighted by Crippen LogP contribution is -2.18. The fourth-order valence-corrected chi connectivity index (χ4v) is 2.76. The topological polar surface area (TPSA) is 126 Å². The summed E-state index contributed by atoms with van der Waals surface area (Å²) in [6, 6.07) is 1.41. The molecule has 0 fully saturated rings. The van der Waals surface area contributed by atoms with E-state index in [0.717, 1.165) is 0 Å². The van der Waals surface area contributed by atoms with E-state index in [9.17, 15) is 5.11 Å². The van der Waals surface area contributed by atoms with Gasteiger partial charge in [-0.3, -0.25) is 0 Å². The second-order valence-electron chi connectivity index (χ2n) is 4.64. The Morgan fingerprint density at radius 3 is 2.17 bits per heavy atom. The van der Waals surface area contributed by atoms with E-state index in [4.69, 9.17) is 48.9 Å². The molecule has 0 bridgehead atoms. The van der Waals surface area contributed by atoms with Gasteiger partial charge in [-0.2, -0.15) is 4.98 Å². The summed E-state index contributed by atoms with van der Waals surface area (Å²) in [4.78, 5) is 7.65. The number of phenols is 1. The van der Waals surface area contributed by atoms with Crippen LogP contribution in [0, 0.1) is 0 Å². The van der Waals surface area contributed by atoms with Crippen LogP contribution in [0.25, 0.3) is 0 Å². The van der Waals surface area contributed by atoms with Crippen molar-refractivity contribution in [3.05, 3.63) is 23.4 Å². The molecule has 0 radical (unpaired) electrons. The summed E-state index contributed by atoms with van der Waals surface area (Å²) in [6.07, 6.45) is 1.28. The predicted octanol–water partition coefficient (Wildman–Crippen LogP) is 2.05. The number of nitrogen functional groups attached to an aromatic ring is 2. The summed E-state index contributed by atoms with van der Waals surface area (Å²) < 4.78 is 13.8. The monoisotopic (exact) mass is 374 g/mol. The molecule has 2 rings (SSSR count). The molecular weight excluding hydrogens is 359 g/mol. The van der Waals surface area contributed by atoms with E-state index in [1.54, 1.807) is 0 Å². The van der Waals surface area contributed by atoms with Crippen molar-refractivity contribution in [1.82, 2.24) is 9.97 Å². The highest BCUT2D eigenvalue weighted by Gasteiger charge is 2.38. The summed E-state index contributed by atoms with van der Waals surface area (Å²) in [5.41, 5.74) is 11.5. The van der Waals surface area contributed by atoms with Gasteiger partial charge in [0.05, 0.1) is 26.9 Å². The van der Waals surface area contributed by atoms with Crippen LogP contribution in [0.4, 0.5) is 11.8 Å². The van der Waals surface area contributed by atoms with Gasteiger partial charge in [0.25, 0.3) is 0 Å². The number of hydrogen-bond acceptors (Lipinski definition) is 8. The number of nitrogens with two attached hydrogens (primary N) is 2. The number of alkyl halides is 2. The number of hydrogen-bond donors (Lipinski definition) is 3. The Labute approximate surface area is 148 Å². The Hall–Kier alpha value is -2.32. The number of ether oxygens (including phenoxy) is 3. The van der Waals surface area contributed by atoms with Crippen LogP contribution in [-0.2, 0) is 4.33 Å². The fraction of sp³-hybridized carbons (Fsp3) is 0.286. The number of aromatic nitrogens is 2. The third-order valence-corrected chi connectivity index (χ3v) is 4.13. The Kier molecular flexibility index (Phi) is 5.00. The van der Waals surface area contributed by atoms with Crippen molar-refractivity contribution in [2.75, 3.05) is 32.8 Å². The molecule has 1 aromatic carbocycles. The van der Waals surface area contributed by atoms with Crippen molar-refractivity contribution in [2.24, 2.45) is 0 Å². The van der Waals surface area contributed by atoms with E-state index in [-0.39, 0.29) is 45.9 Å². The number of phenolic OH excluding ortho intramolecular Hbond substituents is 1. The van der Waals surface area contributed by atoms with E-state index in [1.807, 2.05) is 0 Å². The summed E-state index contributed by atoms with van der Waals surface area (Å²) in [7, 11) is 4.18. The SMILES string of the molecule is COc1cc(C(Cl)(Cl)c2cnc(N)nc2N)c(O)c(OC)c1OC. The van der Waals surface area contributed by atoms with Gasteiger partial charge in [0.15, 0.2) is 15.8 Å². The third-order valence-electron chi connectivity index (χ3n) is 3.32. The van der Waals surface area contributed by atoms with Crippen LogP contribution < -0.4 is 25.7 Å². The van der Waals surface area contributed by atoms with Gasteiger partial charge in [0.2, 0.25) is 17.4 Å². The van der Waals surface area contributed by atoms with Gasteiger partial charge in [0, 0.05) is 11.8 Å². The Bertz CT molecular complexity index is 771. The quantitative estimate of drug-likeness (QED) is 0.678. The molecule has 0 amide bonds. The van der Waals surface area contributed by atoms with Crippen LogP contribution in [0.5, 0.6) is 23.0 Å². The maximum atomic E-state index is 10.5. The van der Waals surface area contributed by atoms with Crippen molar-refractivity contribution in [3.63, 3.8) is 0 Å². The molecule has 0 saturated carbocycles. The number of halogens is 2. The molecule has 0 aliphatic carbocycles. The van der Waals surface area contributed by atoms with E-state index >= 15 is 0 Å². The van der Waals surface area contributed by atoms with Gasteiger partial charge >= 0.3 is 0 Å². The molecule has 0 saturated heterocycles. The van der Waals surface area contributed by atoms with Gasteiger partial charge in [-0.05, 0) is 6.07 Å². The minimum atomic E-state index is -1.80. The number of rotatable bonds is 5. The zero-order chi connectivity index (χ0) is 18.1. The molecule has 8 nitrogen and oxygen atoms in total. The maximum Gasteiger partial charge on any atom is 0.221 e. The summed E-state index contributed by atoms with van der Waals surface area (Å²) in [6.45, 7) is 0. The second kappa shape index (κ2) is 6.66. The minimum Gasteiger partial charge on any atom is -0.504 e. The molecule has 5 N–H and O–H groups in total. The third kappa shape index (κ3) is 2.90. The lowest BCUT2D eigenvalue weighted by Gasteiger charge is -2.25. The molecule has 0 atom stereocenters. The van der Waals surface area contributed by atoms with Crippen LogP contribution in [-0.4, -0.2) is 36.4 Å². The molecular formula is C14H16Cl2N4O4. The molecule has 0 aliphatic heterocycles. The van der Waals surface area contributed by atoms with Crippen LogP contribution in [0.2, 0.25) is 0 Å². The maximum absolute atomic E-state index is 10.5. The fourth-order valence-electron chi connectivity index (χ4n) is 2.18. The number of nitrogens with zero attached hydrogens (tertiary/aromatic N) is 2. The molecule has 0 aliphatic rings. The van der Waals surface area contributed by atoms with Crippen molar-refractivity contribution in [1.29, 1.82) is 0 Å². The summed E-state index contributed by atoms with van der Waals surface area (Å²) in [5.74, 6) is 0.0497. The first-order valence-electron chi connectivity index (χ1n) is 6.56. The van der Waals surface area contributed by atoms with Gasteiger partial charge in [-0.25, -0.2) is 4.98 Å². The van der Waals surface area contributed by atoms with Gasteiger partial charge in [-0.1, -0.05) is 23.2 Å². The molecule has 130 valence electrons. The first-order valence-corrected chi connectivity index (χ1v) is 7.32. The Balaban J connectivity index is 2.74. The molecule has 0 spiro atoms. The van der Waals surface area contributed by atoms with E-state index in [1.165, 1.54) is 33.6 Å². The van der Waals surface area contributed by atoms with Gasteiger partial charge in [0.1, 0.15) is 5.82 Å². The van der Waals surface area contributed by atoms with E-state index in [0.29, 0.717) is 0 Å². The number of aromatic hydroxyl groups is 1. The summed E-state index contributed by atoms with van der Waals surface area (Å²) >= 11 is 12.9. The highest BCUT2D eigenvalue weighted by atomic mass is 35.5. The second-order valence-corrected chi connectivity index (χ2v) is 5.97. The molecule has 1 heterocycles. The summed E-state index contributed by atoms with van der Waals surface area (Å²) in [5, 5.41) is 10.5. The van der Waals surface area contributed by atoms with E-state index in [2.05, 4.69) is 9.97 Å². The van der Waals surface area contributed by atoms with E-state index < -0.39 is 4.33 Å². The van der Waals surface area contributed by atoms with Crippen LogP contribution in [0.15, 0.2) is 12.3 Å². The molecule has 2 aromatic rings. The van der Waals surface area contributed by atoms with Crippen molar-refractivity contribution in [3.8, 4) is 23.0 Å². The van der Waals surface area contributed by atoms with Crippen molar-refractivity contribution >= 4 is 35.0 Å². The van der Waals surface area contributed by atoms with Crippen molar-refractivity contribution in [2.45, 2.75) is 4.33 Å². The molecule has 10 heteroatoms. The Morgan fingerprint density at radius 2 is 1.67 bits per heavy atom. The smallest absolute Gasteiger partial charge is 0.221 e. The zero-order valence-corrected chi connectivity index (χ0v) is 14.6. The molecule has 1 aromatic heterocycles. The number of benzene rings is 1. The average molecular weight is 375 g/mol. The largest absolute Gasteiger partial charge is 0.504 e. The first kappa shape index (κ1) is 18.0. The minimum absolute atomic E-state index is 0.00691. The highest BCUT2D eigenvalue weighted by Crippen LogP contribution is 2.54. The highest BCUT2D eigenvalue weighted by molar-refractivity contribution is 6.50. The average Bonchev–Trinajstić information content (AvgIpc) is 2.53. The van der Waals surface area contributed by atoms with Gasteiger partial charge < -0.3 is 30.8 Å². The predicted molar refractivity (Wildman–Crippen MR) is 91.1 cm³/mol. The Morgan fingerprint density at radius 1 is 1.04 bits per heavy atom. The van der Waals surface area contributed by atoms with Crippen LogP contribution >= 0.6 is 23.2 Å².